The number of nitrogens with zero attached hydrogens (tertiary/aromatic N) is 1. The van der Waals surface area contributed by atoms with Crippen LogP contribution < -0.4 is 5.32 Å². The van der Waals surface area contributed by atoms with Gasteiger partial charge in [-0.25, -0.2) is 14.2 Å². The number of esters is 1. The zero-order chi connectivity index (χ0) is 14.4. The lowest BCUT2D eigenvalue weighted by Crippen LogP contribution is -2.09. The van der Waals surface area contributed by atoms with Crippen LogP contribution in [0.4, 0.5) is 15.9 Å². The predicted molar refractivity (Wildman–Crippen MR) is 73.0 cm³/mol. The highest BCUT2D eigenvalue weighted by Gasteiger charge is 2.13. The van der Waals surface area contributed by atoms with Crippen LogP contribution in [0.3, 0.4) is 0 Å². The third-order valence-corrected chi connectivity index (χ3v) is 2.40. The first kappa shape index (κ1) is 13.6. The molecule has 0 unspecified atom stereocenters. The fourth-order valence-corrected chi connectivity index (χ4v) is 1.56. The molecule has 0 atom stereocenters. The van der Waals surface area contributed by atoms with Crippen LogP contribution in [0.15, 0.2) is 42.6 Å². The number of carbonyl (C=O) groups excluding carboxylic acids is 1. The Kier molecular flexibility index (Phi) is 4.30. The number of hydrogen-bond donors (Lipinski definition) is 1. The standard InChI is InChI=1S/C15H11FN2O2/c1-2-9-20-15(19)13-7-4-8-17-14(13)18-12-6-3-5-11(16)10-12/h1,3-8,10H,9H2,(H,17,18). The lowest BCUT2D eigenvalue weighted by atomic mass is 10.2. The van der Waals surface area contributed by atoms with E-state index >= 15 is 0 Å². The molecule has 1 heterocycles. The summed E-state index contributed by atoms with van der Waals surface area (Å²) in [6, 6.07) is 8.99. The topological polar surface area (TPSA) is 51.2 Å². The summed E-state index contributed by atoms with van der Waals surface area (Å²) in [7, 11) is 0. The van der Waals surface area contributed by atoms with Gasteiger partial charge in [-0.15, -0.1) is 6.42 Å². The van der Waals surface area contributed by atoms with E-state index in [-0.39, 0.29) is 23.8 Å². The highest BCUT2D eigenvalue weighted by Crippen LogP contribution is 2.19. The highest BCUT2D eigenvalue weighted by atomic mass is 19.1. The number of rotatable bonds is 4. The summed E-state index contributed by atoms with van der Waals surface area (Å²) >= 11 is 0. The van der Waals surface area contributed by atoms with Gasteiger partial charge in [-0.2, -0.15) is 0 Å². The van der Waals surface area contributed by atoms with Crippen LogP contribution in [0, 0.1) is 18.2 Å². The quantitative estimate of drug-likeness (QED) is 0.685. The average molecular weight is 270 g/mol. The smallest absolute Gasteiger partial charge is 0.342 e. The van der Waals surface area contributed by atoms with Crippen molar-refractivity contribution in [3.8, 4) is 12.3 Å². The molecular weight excluding hydrogens is 259 g/mol. The first-order valence-corrected chi connectivity index (χ1v) is 5.79. The third kappa shape index (κ3) is 3.33. The van der Waals surface area contributed by atoms with Gasteiger partial charge in [0, 0.05) is 11.9 Å². The Morgan fingerprint density at radius 1 is 1.40 bits per heavy atom. The molecule has 0 bridgehead atoms. The van der Waals surface area contributed by atoms with E-state index in [1.54, 1.807) is 24.3 Å². The Balaban J connectivity index is 2.24. The third-order valence-electron chi connectivity index (χ3n) is 2.40. The molecule has 0 spiro atoms. The van der Waals surface area contributed by atoms with Crippen molar-refractivity contribution in [2.24, 2.45) is 0 Å². The van der Waals surface area contributed by atoms with Crippen LogP contribution in [0.5, 0.6) is 0 Å². The number of benzene rings is 1. The van der Waals surface area contributed by atoms with Gasteiger partial charge >= 0.3 is 5.97 Å². The van der Waals surface area contributed by atoms with Crippen LogP contribution in [0.2, 0.25) is 0 Å². The van der Waals surface area contributed by atoms with Crippen molar-refractivity contribution in [1.29, 1.82) is 0 Å². The molecule has 0 saturated heterocycles. The van der Waals surface area contributed by atoms with E-state index < -0.39 is 5.97 Å². The van der Waals surface area contributed by atoms with Crippen LogP contribution in [0.25, 0.3) is 0 Å². The van der Waals surface area contributed by atoms with Crippen molar-refractivity contribution in [1.82, 2.24) is 4.98 Å². The first-order chi connectivity index (χ1) is 9.70. The molecule has 5 heteroatoms. The van der Waals surface area contributed by atoms with E-state index in [4.69, 9.17) is 11.2 Å². The Morgan fingerprint density at radius 2 is 2.25 bits per heavy atom. The van der Waals surface area contributed by atoms with Crippen LogP contribution in [-0.2, 0) is 4.74 Å². The van der Waals surface area contributed by atoms with E-state index in [0.717, 1.165) is 0 Å². The number of carbonyl (C=O) groups is 1. The number of halogens is 1. The maximum absolute atomic E-state index is 13.1. The zero-order valence-corrected chi connectivity index (χ0v) is 10.5. The second kappa shape index (κ2) is 6.34. The molecule has 0 amide bonds. The van der Waals surface area contributed by atoms with E-state index in [1.807, 2.05) is 0 Å². The van der Waals surface area contributed by atoms with Crippen LogP contribution >= 0.6 is 0 Å². The maximum Gasteiger partial charge on any atom is 0.342 e. The Bertz CT molecular complexity index is 665. The molecule has 0 fully saturated rings. The lowest BCUT2D eigenvalue weighted by Gasteiger charge is -2.09. The van der Waals surface area contributed by atoms with Crippen LogP contribution in [-0.4, -0.2) is 17.6 Å². The molecular formula is C15H11FN2O2. The minimum atomic E-state index is -0.588. The zero-order valence-electron chi connectivity index (χ0n) is 10.5. The summed E-state index contributed by atoms with van der Waals surface area (Å²) in [6.45, 7) is -0.118. The largest absolute Gasteiger partial charge is 0.449 e. The van der Waals surface area contributed by atoms with Gasteiger partial charge in [-0.1, -0.05) is 12.0 Å². The monoisotopic (exact) mass is 270 g/mol. The van der Waals surface area contributed by atoms with Crippen LogP contribution in [0.1, 0.15) is 10.4 Å². The van der Waals surface area contributed by atoms with Crippen molar-refractivity contribution in [2.75, 3.05) is 11.9 Å². The second-order valence-electron chi connectivity index (χ2n) is 3.82. The normalized spacial score (nSPS) is 9.60. The molecule has 0 radical (unpaired) electrons. The molecule has 2 aromatic rings. The summed E-state index contributed by atoms with van der Waals surface area (Å²) in [5.41, 5.74) is 0.710. The Hall–Kier alpha value is -2.87. The number of hydrogen-bond acceptors (Lipinski definition) is 4. The predicted octanol–water partition coefficient (Wildman–Crippen LogP) is 2.75. The van der Waals surface area contributed by atoms with E-state index in [0.29, 0.717) is 5.69 Å². The Labute approximate surface area is 115 Å². The number of terminal acetylenes is 1. The molecule has 20 heavy (non-hydrogen) atoms. The Morgan fingerprint density at radius 3 is 3.00 bits per heavy atom. The molecule has 0 aliphatic carbocycles. The molecule has 1 N–H and O–H groups in total. The summed E-state index contributed by atoms with van der Waals surface area (Å²) in [6.07, 6.45) is 6.55. The molecule has 4 nitrogen and oxygen atoms in total. The molecule has 1 aromatic carbocycles. The molecule has 2 rings (SSSR count). The van der Waals surface area contributed by atoms with Gasteiger partial charge in [-0.3, -0.25) is 0 Å². The first-order valence-electron chi connectivity index (χ1n) is 5.79. The minimum absolute atomic E-state index is 0.118. The van der Waals surface area contributed by atoms with E-state index in [2.05, 4.69) is 16.2 Å². The summed E-state index contributed by atoms with van der Waals surface area (Å²) < 4.78 is 18.0. The van der Waals surface area contributed by atoms with Gasteiger partial charge < -0.3 is 10.1 Å². The molecule has 0 aliphatic heterocycles. The van der Waals surface area contributed by atoms with Crippen molar-refractivity contribution >= 4 is 17.5 Å². The van der Waals surface area contributed by atoms with Gasteiger partial charge in [0.05, 0.1) is 0 Å². The SMILES string of the molecule is C#CCOC(=O)c1cccnc1Nc1cccc(F)c1. The number of aromatic nitrogens is 1. The van der Waals surface area contributed by atoms with E-state index in [9.17, 15) is 9.18 Å². The summed E-state index contributed by atoms with van der Waals surface area (Å²) in [5.74, 6) is 1.51. The van der Waals surface area contributed by atoms with Gasteiger partial charge in [0.25, 0.3) is 0 Å². The number of anilines is 2. The number of nitrogens with one attached hydrogen (secondary N) is 1. The van der Waals surface area contributed by atoms with Gasteiger partial charge in [0.15, 0.2) is 6.61 Å². The van der Waals surface area contributed by atoms with Crippen molar-refractivity contribution in [3.05, 3.63) is 54.0 Å². The maximum atomic E-state index is 13.1. The number of ether oxygens (including phenoxy) is 1. The number of pyridine rings is 1. The lowest BCUT2D eigenvalue weighted by molar-refractivity contribution is 0.0557. The van der Waals surface area contributed by atoms with Gasteiger partial charge in [0.2, 0.25) is 0 Å². The minimum Gasteiger partial charge on any atom is -0.449 e. The van der Waals surface area contributed by atoms with Crippen molar-refractivity contribution in [2.45, 2.75) is 0 Å². The van der Waals surface area contributed by atoms with Gasteiger partial charge in [-0.05, 0) is 30.3 Å². The molecule has 0 saturated carbocycles. The fraction of sp³-hybridized carbons (Fsp3) is 0.0667. The summed E-state index contributed by atoms with van der Waals surface area (Å²) in [5, 5.41) is 2.87. The van der Waals surface area contributed by atoms with Crippen molar-refractivity contribution in [3.63, 3.8) is 0 Å². The molecule has 0 aliphatic rings. The highest BCUT2D eigenvalue weighted by molar-refractivity contribution is 5.95. The molecule has 100 valence electrons. The van der Waals surface area contributed by atoms with Crippen molar-refractivity contribution < 1.29 is 13.9 Å². The molecule has 1 aromatic heterocycles. The van der Waals surface area contributed by atoms with Gasteiger partial charge in [0.1, 0.15) is 17.2 Å². The summed E-state index contributed by atoms with van der Waals surface area (Å²) in [4.78, 5) is 15.9. The average Bonchev–Trinajstić information content (AvgIpc) is 2.45. The fourth-order valence-electron chi connectivity index (χ4n) is 1.56. The van der Waals surface area contributed by atoms with E-state index in [1.165, 1.54) is 18.3 Å². The second-order valence-corrected chi connectivity index (χ2v) is 3.82.